The highest BCUT2D eigenvalue weighted by atomic mass is 35.5. The summed E-state index contributed by atoms with van der Waals surface area (Å²) in [7, 11) is 0. The van der Waals surface area contributed by atoms with Crippen LogP contribution in [0.4, 0.5) is 0 Å². The van der Waals surface area contributed by atoms with Crippen molar-refractivity contribution >= 4 is 41.7 Å². The lowest BCUT2D eigenvalue weighted by atomic mass is 10.1. The molecule has 1 unspecified atom stereocenters. The first-order valence-electron chi connectivity index (χ1n) is 4.38. The van der Waals surface area contributed by atoms with Gasteiger partial charge in [-0.2, -0.15) is 0 Å². The van der Waals surface area contributed by atoms with Crippen molar-refractivity contribution in [2.45, 2.75) is 19.9 Å². The first-order chi connectivity index (χ1) is 6.68. The van der Waals surface area contributed by atoms with E-state index < -0.39 is 0 Å². The second-order valence-corrected chi connectivity index (χ2v) is 5.14. The Hall–Kier alpha value is -0.510. The van der Waals surface area contributed by atoms with Crippen LogP contribution >= 0.6 is 35.3 Å². The van der Waals surface area contributed by atoms with Crippen LogP contribution in [0, 0.1) is 13.8 Å². The number of aryl methyl sites for hydroxylation is 2. The van der Waals surface area contributed by atoms with Crippen LogP contribution in [-0.4, -0.2) is 6.34 Å². The molecule has 0 aliphatic carbocycles. The highest BCUT2D eigenvalue weighted by Crippen LogP contribution is 2.35. The third kappa shape index (κ3) is 2.54. The quantitative estimate of drug-likeness (QED) is 0.823. The van der Waals surface area contributed by atoms with E-state index in [2.05, 4.69) is 30.2 Å². The van der Waals surface area contributed by atoms with Crippen LogP contribution in [-0.2, 0) is 0 Å². The van der Waals surface area contributed by atoms with E-state index in [1.807, 2.05) is 0 Å². The predicted molar refractivity (Wildman–Crippen MR) is 69.3 cm³/mol. The minimum absolute atomic E-state index is 0. The highest BCUT2D eigenvalue weighted by molar-refractivity contribution is 7.12. The number of rotatable bonds is 1. The zero-order chi connectivity index (χ0) is 10.1. The lowest BCUT2D eigenvalue weighted by Crippen LogP contribution is -2.11. The van der Waals surface area contributed by atoms with Crippen molar-refractivity contribution < 1.29 is 0 Å². The maximum atomic E-state index is 6.09. The molecule has 0 radical (unpaired) electrons. The van der Waals surface area contributed by atoms with Gasteiger partial charge in [-0.15, -0.1) is 23.7 Å². The number of thiophene rings is 1. The third-order valence-corrected chi connectivity index (χ3v) is 3.45. The molecule has 0 fully saturated rings. The van der Waals surface area contributed by atoms with Gasteiger partial charge in [-0.1, -0.05) is 11.6 Å². The van der Waals surface area contributed by atoms with Crippen LogP contribution < -0.4 is 5.32 Å². The van der Waals surface area contributed by atoms with Gasteiger partial charge in [0.2, 0.25) is 0 Å². The summed E-state index contributed by atoms with van der Waals surface area (Å²) >= 11 is 7.87. The molecule has 1 aliphatic heterocycles. The lowest BCUT2D eigenvalue weighted by molar-refractivity contribution is 0.863. The van der Waals surface area contributed by atoms with Crippen LogP contribution in [0.3, 0.4) is 0 Å². The molecule has 0 aromatic carbocycles. The summed E-state index contributed by atoms with van der Waals surface area (Å²) in [5.41, 5.74) is 1.21. The van der Waals surface area contributed by atoms with Gasteiger partial charge in [0.05, 0.1) is 11.4 Å². The van der Waals surface area contributed by atoms with Crippen molar-refractivity contribution in [3.8, 4) is 0 Å². The summed E-state index contributed by atoms with van der Waals surface area (Å²) in [5.74, 6) is 0. The molecule has 15 heavy (non-hydrogen) atoms. The zero-order valence-corrected chi connectivity index (χ0v) is 10.8. The smallest absolute Gasteiger partial charge is 0.115 e. The van der Waals surface area contributed by atoms with E-state index in [-0.39, 0.29) is 18.4 Å². The molecule has 1 N–H and O–H groups in total. The Labute approximate surface area is 104 Å². The topological polar surface area (TPSA) is 24.4 Å². The summed E-state index contributed by atoms with van der Waals surface area (Å²) in [6.45, 7) is 4.21. The minimum Gasteiger partial charge on any atom is -0.352 e. The van der Waals surface area contributed by atoms with Crippen LogP contribution in [0.25, 0.3) is 0 Å². The molecule has 1 atom stereocenters. The number of hydrogen-bond donors (Lipinski definition) is 1. The molecule has 0 spiro atoms. The van der Waals surface area contributed by atoms with Crippen LogP contribution in [0.1, 0.15) is 21.4 Å². The van der Waals surface area contributed by atoms with Crippen molar-refractivity contribution in [3.63, 3.8) is 0 Å². The average molecular weight is 263 g/mol. The summed E-state index contributed by atoms with van der Waals surface area (Å²) in [5, 5.41) is 3.62. The van der Waals surface area contributed by atoms with E-state index >= 15 is 0 Å². The average Bonchev–Trinajstić information content (AvgIpc) is 2.46. The van der Waals surface area contributed by atoms with Crippen molar-refractivity contribution in [1.29, 1.82) is 0 Å². The monoisotopic (exact) mass is 262 g/mol. The van der Waals surface area contributed by atoms with E-state index in [9.17, 15) is 0 Å². The third-order valence-electron chi connectivity index (χ3n) is 2.15. The van der Waals surface area contributed by atoms with Gasteiger partial charge in [-0.05, 0) is 25.5 Å². The standard InChI is InChI=1S/C10H11ClN2S.ClH/c1-6-3-8(7(2)14-6)10-9(11)4-12-5-13-10;/h3-5,10H,1-2H3,(H,12,13);1H. The molecule has 1 aromatic rings. The molecule has 0 bridgehead atoms. The van der Waals surface area contributed by atoms with Crippen molar-refractivity contribution in [1.82, 2.24) is 5.32 Å². The molecule has 82 valence electrons. The Kier molecular flexibility index (Phi) is 4.20. The summed E-state index contributed by atoms with van der Waals surface area (Å²) in [6.07, 6.45) is 3.47. The fourth-order valence-electron chi connectivity index (χ4n) is 1.54. The van der Waals surface area contributed by atoms with Gasteiger partial charge in [0.25, 0.3) is 0 Å². The van der Waals surface area contributed by atoms with E-state index in [1.54, 1.807) is 23.9 Å². The molecule has 1 aliphatic rings. The Morgan fingerprint density at radius 2 is 2.20 bits per heavy atom. The Morgan fingerprint density at radius 3 is 2.73 bits per heavy atom. The second-order valence-electron chi connectivity index (χ2n) is 3.25. The Bertz CT molecular complexity index is 410. The predicted octanol–water partition coefficient (Wildman–Crippen LogP) is 3.54. The Balaban J connectivity index is 0.00000112. The number of nitrogens with zero attached hydrogens (tertiary/aromatic N) is 1. The SMILES string of the molecule is Cc1cc(C2N=CNC=C2Cl)c(C)s1.Cl. The fraction of sp³-hybridized carbons (Fsp3) is 0.300. The van der Waals surface area contributed by atoms with Gasteiger partial charge in [-0.3, -0.25) is 4.99 Å². The zero-order valence-electron chi connectivity index (χ0n) is 8.45. The largest absolute Gasteiger partial charge is 0.352 e. The molecular weight excluding hydrogens is 251 g/mol. The van der Waals surface area contributed by atoms with Gasteiger partial charge in [0.15, 0.2) is 0 Å². The number of aliphatic imine (C=N–C) groups is 1. The van der Waals surface area contributed by atoms with E-state index in [0.717, 1.165) is 5.03 Å². The highest BCUT2D eigenvalue weighted by Gasteiger charge is 2.19. The Morgan fingerprint density at radius 1 is 1.47 bits per heavy atom. The summed E-state index contributed by atoms with van der Waals surface area (Å²) in [4.78, 5) is 6.92. The molecule has 0 saturated heterocycles. The lowest BCUT2D eigenvalue weighted by Gasteiger charge is -2.14. The molecule has 0 saturated carbocycles. The molecular formula is C10H12Cl2N2S. The number of halogens is 2. The summed E-state index contributed by atoms with van der Waals surface area (Å²) < 4.78 is 0. The van der Waals surface area contributed by atoms with Crippen molar-refractivity contribution in [3.05, 3.63) is 32.6 Å². The molecule has 1 aromatic heterocycles. The van der Waals surface area contributed by atoms with Gasteiger partial charge < -0.3 is 5.32 Å². The number of nitrogens with one attached hydrogen (secondary N) is 1. The number of hydrogen-bond acceptors (Lipinski definition) is 3. The van der Waals surface area contributed by atoms with Gasteiger partial charge in [0.1, 0.15) is 6.04 Å². The van der Waals surface area contributed by atoms with Crippen LogP contribution in [0.2, 0.25) is 0 Å². The molecule has 0 amide bonds. The van der Waals surface area contributed by atoms with E-state index in [4.69, 9.17) is 11.6 Å². The molecule has 2 rings (SSSR count). The van der Waals surface area contributed by atoms with Gasteiger partial charge in [0, 0.05) is 16.0 Å². The van der Waals surface area contributed by atoms with Gasteiger partial charge in [-0.25, -0.2) is 0 Å². The first kappa shape index (κ1) is 12.6. The normalized spacial score (nSPS) is 19.1. The van der Waals surface area contributed by atoms with E-state index in [0.29, 0.717) is 0 Å². The van der Waals surface area contributed by atoms with Crippen LogP contribution in [0.5, 0.6) is 0 Å². The van der Waals surface area contributed by atoms with E-state index in [1.165, 1.54) is 15.3 Å². The van der Waals surface area contributed by atoms with Gasteiger partial charge >= 0.3 is 0 Å². The van der Waals surface area contributed by atoms with Crippen molar-refractivity contribution in [2.24, 2.45) is 4.99 Å². The maximum Gasteiger partial charge on any atom is 0.115 e. The summed E-state index contributed by atoms with van der Waals surface area (Å²) in [6, 6.07) is 2.15. The minimum atomic E-state index is -0.0112. The molecule has 2 nitrogen and oxygen atoms in total. The second kappa shape index (κ2) is 5.01. The fourth-order valence-corrected chi connectivity index (χ4v) is 2.73. The van der Waals surface area contributed by atoms with Crippen LogP contribution in [0.15, 0.2) is 22.3 Å². The maximum absolute atomic E-state index is 6.09. The van der Waals surface area contributed by atoms with Crippen molar-refractivity contribution in [2.75, 3.05) is 0 Å². The molecule has 5 heteroatoms. The molecule has 2 heterocycles. The first-order valence-corrected chi connectivity index (χ1v) is 5.58.